The summed E-state index contributed by atoms with van der Waals surface area (Å²) in [6, 6.07) is 3.92. The smallest absolute Gasteiger partial charge is 0.317 e. The predicted octanol–water partition coefficient (Wildman–Crippen LogP) is 1.58. The third kappa shape index (κ3) is 4.70. The molecule has 2 atom stereocenters. The van der Waals surface area contributed by atoms with E-state index in [-0.39, 0.29) is 18.2 Å². The van der Waals surface area contributed by atoms with Crippen molar-refractivity contribution in [3.8, 4) is 0 Å². The van der Waals surface area contributed by atoms with E-state index in [1.165, 1.54) is 0 Å². The molecule has 7 heteroatoms. The molecule has 0 bridgehead atoms. The number of imidazole rings is 1. The van der Waals surface area contributed by atoms with Crippen LogP contribution in [0.15, 0.2) is 30.7 Å². The number of ether oxygens (including phenoxy) is 1. The zero-order valence-electron chi connectivity index (χ0n) is 15.2. The van der Waals surface area contributed by atoms with Gasteiger partial charge < -0.3 is 19.4 Å². The molecule has 0 unspecified atom stereocenters. The van der Waals surface area contributed by atoms with Crippen molar-refractivity contribution in [2.75, 3.05) is 33.2 Å². The number of urea groups is 1. The minimum atomic E-state index is -0.0578. The second-order valence-electron chi connectivity index (χ2n) is 6.82. The SMILES string of the molecule is C[C@@H]1CN(CCN(C)C(=O)NCc2ccn3ccnc3c2)C[C@H](C)O1. The zero-order chi connectivity index (χ0) is 17.8. The van der Waals surface area contributed by atoms with Crippen LogP contribution in [0.2, 0.25) is 0 Å². The van der Waals surface area contributed by atoms with E-state index in [2.05, 4.69) is 29.0 Å². The van der Waals surface area contributed by atoms with Gasteiger partial charge in [0.25, 0.3) is 0 Å². The van der Waals surface area contributed by atoms with Gasteiger partial charge >= 0.3 is 6.03 Å². The van der Waals surface area contributed by atoms with Crippen molar-refractivity contribution in [3.05, 3.63) is 36.3 Å². The molecule has 1 N–H and O–H groups in total. The fraction of sp³-hybridized carbons (Fsp3) is 0.556. The molecule has 0 spiro atoms. The Kier molecular flexibility index (Phi) is 5.55. The molecule has 0 aliphatic carbocycles. The van der Waals surface area contributed by atoms with E-state index >= 15 is 0 Å². The maximum Gasteiger partial charge on any atom is 0.317 e. The molecule has 1 aliphatic heterocycles. The third-order valence-electron chi connectivity index (χ3n) is 4.50. The second-order valence-corrected chi connectivity index (χ2v) is 6.82. The maximum atomic E-state index is 12.3. The number of hydrogen-bond acceptors (Lipinski definition) is 4. The summed E-state index contributed by atoms with van der Waals surface area (Å²) < 4.78 is 7.69. The fourth-order valence-corrected chi connectivity index (χ4v) is 3.23. The Morgan fingerprint density at radius 2 is 2.12 bits per heavy atom. The van der Waals surface area contributed by atoms with Crippen molar-refractivity contribution in [3.63, 3.8) is 0 Å². The average Bonchev–Trinajstić information content (AvgIpc) is 3.04. The Bertz CT molecular complexity index is 706. The van der Waals surface area contributed by atoms with Gasteiger partial charge in [-0.15, -0.1) is 0 Å². The van der Waals surface area contributed by atoms with E-state index < -0.39 is 0 Å². The lowest BCUT2D eigenvalue weighted by Crippen LogP contribution is -2.49. The third-order valence-corrected chi connectivity index (χ3v) is 4.50. The van der Waals surface area contributed by atoms with Crippen molar-refractivity contribution in [1.29, 1.82) is 0 Å². The van der Waals surface area contributed by atoms with E-state index in [1.54, 1.807) is 11.1 Å². The summed E-state index contributed by atoms with van der Waals surface area (Å²) in [6.07, 6.45) is 6.12. The van der Waals surface area contributed by atoms with Gasteiger partial charge in [0.1, 0.15) is 5.65 Å². The topological polar surface area (TPSA) is 62.1 Å². The molecular weight excluding hydrogens is 318 g/mol. The van der Waals surface area contributed by atoms with E-state index in [0.29, 0.717) is 13.1 Å². The number of aromatic nitrogens is 2. The van der Waals surface area contributed by atoms with Gasteiger partial charge in [0.2, 0.25) is 0 Å². The summed E-state index contributed by atoms with van der Waals surface area (Å²) in [5.41, 5.74) is 1.92. The highest BCUT2D eigenvalue weighted by molar-refractivity contribution is 5.73. The Balaban J connectivity index is 1.44. The van der Waals surface area contributed by atoms with Crippen molar-refractivity contribution < 1.29 is 9.53 Å². The lowest BCUT2D eigenvalue weighted by atomic mass is 10.2. The Labute approximate surface area is 148 Å². The highest BCUT2D eigenvalue weighted by Gasteiger charge is 2.22. The lowest BCUT2D eigenvalue weighted by molar-refractivity contribution is -0.0684. The van der Waals surface area contributed by atoms with Gasteiger partial charge in [-0.3, -0.25) is 4.90 Å². The highest BCUT2D eigenvalue weighted by atomic mass is 16.5. The Morgan fingerprint density at radius 3 is 2.88 bits per heavy atom. The number of hydrogen-bond donors (Lipinski definition) is 1. The summed E-state index contributed by atoms with van der Waals surface area (Å²) in [6.45, 7) is 8.09. The number of fused-ring (bicyclic) bond motifs is 1. The second kappa shape index (κ2) is 7.84. The summed E-state index contributed by atoms with van der Waals surface area (Å²) >= 11 is 0. The zero-order valence-corrected chi connectivity index (χ0v) is 15.2. The molecule has 2 aromatic rings. The van der Waals surface area contributed by atoms with Gasteiger partial charge in [-0.1, -0.05) is 0 Å². The molecule has 136 valence electrons. The first-order valence-electron chi connectivity index (χ1n) is 8.79. The normalized spacial score (nSPS) is 21.4. The van der Waals surface area contributed by atoms with E-state index in [9.17, 15) is 4.79 Å². The van der Waals surface area contributed by atoms with Gasteiger partial charge in [0.15, 0.2) is 0 Å². The van der Waals surface area contributed by atoms with Crippen LogP contribution in [0.4, 0.5) is 4.79 Å². The van der Waals surface area contributed by atoms with Crippen LogP contribution in [0.25, 0.3) is 5.65 Å². The van der Waals surface area contributed by atoms with Crippen LogP contribution in [-0.4, -0.2) is 70.7 Å². The van der Waals surface area contributed by atoms with Gasteiger partial charge in [0.05, 0.1) is 12.2 Å². The molecule has 0 radical (unpaired) electrons. The van der Waals surface area contributed by atoms with E-state index in [1.807, 2.05) is 36.0 Å². The Morgan fingerprint density at radius 1 is 1.36 bits per heavy atom. The first kappa shape index (κ1) is 17.7. The molecule has 3 heterocycles. The number of likely N-dealkylation sites (N-methyl/N-ethyl adjacent to an activating group) is 1. The standard InChI is InChI=1S/C18H27N5O2/c1-14-12-22(13-15(2)25-14)9-8-21(3)18(24)20-11-16-4-6-23-7-5-19-17(23)10-16/h4-7,10,14-15H,8-9,11-13H2,1-3H3,(H,20,24)/t14-,15+. The summed E-state index contributed by atoms with van der Waals surface area (Å²) in [4.78, 5) is 20.6. The number of nitrogens with one attached hydrogen (secondary N) is 1. The van der Waals surface area contributed by atoms with Crippen LogP contribution in [0.1, 0.15) is 19.4 Å². The summed E-state index contributed by atoms with van der Waals surface area (Å²) in [7, 11) is 1.83. The molecule has 0 aromatic carbocycles. The quantitative estimate of drug-likeness (QED) is 0.894. The van der Waals surface area contributed by atoms with Crippen LogP contribution in [0.3, 0.4) is 0 Å². The molecule has 1 fully saturated rings. The molecule has 7 nitrogen and oxygen atoms in total. The van der Waals surface area contributed by atoms with Crippen LogP contribution < -0.4 is 5.32 Å². The van der Waals surface area contributed by atoms with Crippen molar-refractivity contribution in [2.45, 2.75) is 32.6 Å². The number of carbonyl (C=O) groups is 1. The first-order valence-corrected chi connectivity index (χ1v) is 8.79. The Hall–Kier alpha value is -2.12. The van der Waals surface area contributed by atoms with Crippen molar-refractivity contribution >= 4 is 11.7 Å². The number of carbonyl (C=O) groups excluding carboxylic acids is 1. The number of pyridine rings is 1. The van der Waals surface area contributed by atoms with Crippen molar-refractivity contribution in [2.24, 2.45) is 0 Å². The average molecular weight is 345 g/mol. The highest BCUT2D eigenvalue weighted by Crippen LogP contribution is 2.10. The fourth-order valence-electron chi connectivity index (χ4n) is 3.23. The molecular formula is C18H27N5O2. The molecule has 1 saturated heterocycles. The van der Waals surface area contributed by atoms with Crippen LogP contribution in [0.5, 0.6) is 0 Å². The number of rotatable bonds is 5. The molecule has 1 aliphatic rings. The van der Waals surface area contributed by atoms with E-state index in [4.69, 9.17) is 4.74 Å². The minimum Gasteiger partial charge on any atom is -0.373 e. The van der Waals surface area contributed by atoms with Gasteiger partial charge in [-0.2, -0.15) is 0 Å². The number of nitrogens with zero attached hydrogens (tertiary/aromatic N) is 4. The molecule has 3 rings (SSSR count). The number of morpholine rings is 1. The molecule has 25 heavy (non-hydrogen) atoms. The van der Waals surface area contributed by atoms with Crippen LogP contribution in [0, 0.1) is 0 Å². The monoisotopic (exact) mass is 345 g/mol. The van der Waals surface area contributed by atoms with Gasteiger partial charge in [-0.05, 0) is 31.5 Å². The van der Waals surface area contributed by atoms with Gasteiger partial charge in [-0.25, -0.2) is 9.78 Å². The molecule has 2 aromatic heterocycles. The number of amides is 2. The summed E-state index contributed by atoms with van der Waals surface area (Å²) in [5, 5.41) is 2.97. The molecule has 0 saturated carbocycles. The predicted molar refractivity (Wildman–Crippen MR) is 96.5 cm³/mol. The van der Waals surface area contributed by atoms with Gasteiger partial charge in [0, 0.05) is 58.4 Å². The van der Waals surface area contributed by atoms with Crippen LogP contribution in [-0.2, 0) is 11.3 Å². The van der Waals surface area contributed by atoms with Crippen LogP contribution >= 0.6 is 0 Å². The first-order chi connectivity index (χ1) is 12.0. The lowest BCUT2D eigenvalue weighted by Gasteiger charge is -2.36. The largest absolute Gasteiger partial charge is 0.373 e. The summed E-state index contributed by atoms with van der Waals surface area (Å²) in [5.74, 6) is 0. The molecule has 2 amide bonds. The van der Waals surface area contributed by atoms with Crippen molar-refractivity contribution in [1.82, 2.24) is 24.5 Å². The van der Waals surface area contributed by atoms with E-state index in [0.717, 1.165) is 30.8 Å². The minimum absolute atomic E-state index is 0.0578. The maximum absolute atomic E-state index is 12.3.